The third kappa shape index (κ3) is 4.32. The zero-order valence-corrected chi connectivity index (χ0v) is 16.4. The summed E-state index contributed by atoms with van der Waals surface area (Å²) in [7, 11) is 0. The Morgan fingerprint density at radius 2 is 1.00 bits per heavy atom. The molecule has 2 nitrogen and oxygen atoms in total. The van der Waals surface area contributed by atoms with Crippen LogP contribution >= 0.6 is 0 Å². The van der Waals surface area contributed by atoms with E-state index < -0.39 is 13.3 Å². The van der Waals surface area contributed by atoms with Crippen LogP contribution in [0.2, 0.25) is 10.5 Å². The van der Waals surface area contributed by atoms with Gasteiger partial charge in [0.05, 0.1) is 0 Å². The first-order chi connectivity index (χ1) is 11.1. The maximum absolute atomic E-state index is 9.67. The number of rotatable bonds is 8. The van der Waals surface area contributed by atoms with E-state index in [2.05, 4.69) is 38.1 Å². The van der Waals surface area contributed by atoms with Crippen molar-refractivity contribution in [2.24, 2.45) is 0 Å². The molecule has 0 bridgehead atoms. The van der Waals surface area contributed by atoms with Crippen molar-refractivity contribution in [2.75, 3.05) is 0 Å². The first-order valence-corrected chi connectivity index (χ1v) is 13.8. The van der Waals surface area contributed by atoms with E-state index in [0.717, 1.165) is 0 Å². The summed E-state index contributed by atoms with van der Waals surface area (Å²) in [5, 5.41) is 21.9. The predicted octanol–water partition coefficient (Wildman–Crippen LogP) is 4.26. The van der Waals surface area contributed by atoms with Crippen LogP contribution in [0.25, 0.3) is 0 Å². The van der Waals surface area contributed by atoms with E-state index in [1.807, 2.05) is 24.3 Å². The van der Waals surface area contributed by atoms with Gasteiger partial charge in [-0.2, -0.15) is 0 Å². The fraction of sp³-hybridized carbons (Fsp3) is 0.400. The molecule has 0 aromatic heterocycles. The quantitative estimate of drug-likeness (QED) is 0.679. The first kappa shape index (κ1) is 17.9. The van der Waals surface area contributed by atoms with Gasteiger partial charge in [0.2, 0.25) is 0 Å². The first-order valence-electron chi connectivity index (χ1n) is 8.71. The third-order valence-electron chi connectivity index (χ3n) is 4.75. The van der Waals surface area contributed by atoms with Crippen LogP contribution in [0.4, 0.5) is 0 Å². The average Bonchev–Trinajstić information content (AvgIpc) is 2.57. The standard InChI is InChI=1S/C20H28GeO2/c1-3-5-15-21(16-6-4-2,17-7-11-19(22)12-8-17)18-9-13-20(23)14-10-18/h7-14,22-23H,3-6,15-16H2,1-2H3. The molecule has 124 valence electrons. The average molecular weight is 373 g/mol. The molecule has 0 radical (unpaired) electrons. The van der Waals surface area contributed by atoms with E-state index in [1.165, 1.54) is 45.0 Å². The molecule has 2 N–H and O–H groups in total. The summed E-state index contributed by atoms with van der Waals surface area (Å²) < 4.78 is 2.88. The predicted molar refractivity (Wildman–Crippen MR) is 101 cm³/mol. The van der Waals surface area contributed by atoms with Gasteiger partial charge in [-0.25, -0.2) is 0 Å². The van der Waals surface area contributed by atoms with Gasteiger partial charge >= 0.3 is 142 Å². The van der Waals surface area contributed by atoms with Gasteiger partial charge in [0.1, 0.15) is 0 Å². The number of unbranched alkanes of at least 4 members (excludes halogenated alkanes) is 2. The SMILES string of the molecule is CCC[CH2][Ge]([CH2]CCC)([c]1ccc(O)cc1)[c]1ccc(O)cc1. The molecule has 2 rings (SSSR count). The topological polar surface area (TPSA) is 40.5 Å². The van der Waals surface area contributed by atoms with Crippen LogP contribution in [0.1, 0.15) is 39.5 Å². The Labute approximate surface area is 142 Å². The third-order valence-corrected chi connectivity index (χ3v) is 15.9. The van der Waals surface area contributed by atoms with Crippen molar-refractivity contribution < 1.29 is 10.2 Å². The van der Waals surface area contributed by atoms with Gasteiger partial charge in [-0.15, -0.1) is 0 Å². The van der Waals surface area contributed by atoms with Crippen LogP contribution in [0.15, 0.2) is 48.5 Å². The van der Waals surface area contributed by atoms with Gasteiger partial charge in [-0.05, 0) is 0 Å². The summed E-state index contributed by atoms with van der Waals surface area (Å²) in [5.41, 5.74) is 0. The van der Waals surface area contributed by atoms with Gasteiger partial charge < -0.3 is 0 Å². The van der Waals surface area contributed by atoms with Crippen molar-refractivity contribution in [2.45, 2.75) is 50.0 Å². The van der Waals surface area contributed by atoms with Gasteiger partial charge in [0.25, 0.3) is 0 Å². The fourth-order valence-corrected chi connectivity index (χ4v) is 14.4. The summed E-state index contributed by atoms with van der Waals surface area (Å²) in [6.45, 7) is 4.50. The van der Waals surface area contributed by atoms with Crippen LogP contribution < -0.4 is 8.79 Å². The van der Waals surface area contributed by atoms with Crippen molar-refractivity contribution in [1.82, 2.24) is 0 Å². The zero-order chi connectivity index (χ0) is 16.7. The van der Waals surface area contributed by atoms with Gasteiger partial charge in [0, 0.05) is 0 Å². The van der Waals surface area contributed by atoms with Crippen LogP contribution in [0.5, 0.6) is 11.5 Å². The molecule has 23 heavy (non-hydrogen) atoms. The fourth-order valence-electron chi connectivity index (χ4n) is 3.39. The normalized spacial score (nSPS) is 11.6. The molecule has 0 atom stereocenters. The molecule has 0 amide bonds. The number of hydrogen-bond acceptors (Lipinski definition) is 2. The second kappa shape index (κ2) is 8.44. The minimum absolute atomic E-state index is 0.335. The van der Waals surface area contributed by atoms with E-state index in [9.17, 15) is 10.2 Å². The molecule has 0 aliphatic heterocycles. The Balaban J connectivity index is 2.52. The molecule has 0 heterocycles. The molecule has 2 aromatic rings. The number of phenolic OH excluding ortho intramolecular Hbond substituents is 2. The molecule has 0 saturated carbocycles. The second-order valence-corrected chi connectivity index (χ2v) is 15.4. The van der Waals surface area contributed by atoms with Gasteiger partial charge in [-0.3, -0.25) is 0 Å². The number of benzene rings is 2. The Morgan fingerprint density at radius 3 is 1.30 bits per heavy atom. The summed E-state index contributed by atoms with van der Waals surface area (Å²) in [4.78, 5) is 0. The molecule has 0 saturated heterocycles. The summed E-state index contributed by atoms with van der Waals surface area (Å²) in [5.74, 6) is 0.670. The Bertz CT molecular complexity index is 535. The molecule has 0 aliphatic carbocycles. The van der Waals surface area contributed by atoms with Crippen molar-refractivity contribution in [3.05, 3.63) is 48.5 Å². The zero-order valence-electron chi connectivity index (χ0n) is 14.3. The van der Waals surface area contributed by atoms with Crippen molar-refractivity contribution in [3.63, 3.8) is 0 Å². The van der Waals surface area contributed by atoms with E-state index in [0.29, 0.717) is 11.5 Å². The van der Waals surface area contributed by atoms with Crippen LogP contribution in [0, 0.1) is 0 Å². The molecule has 0 fully saturated rings. The molecule has 0 spiro atoms. The van der Waals surface area contributed by atoms with E-state index in [-0.39, 0.29) is 0 Å². The minimum atomic E-state index is -2.49. The number of hydrogen-bond donors (Lipinski definition) is 2. The summed E-state index contributed by atoms with van der Waals surface area (Å²) in [6.07, 6.45) is 4.89. The van der Waals surface area contributed by atoms with Gasteiger partial charge in [0.15, 0.2) is 0 Å². The monoisotopic (exact) mass is 374 g/mol. The van der Waals surface area contributed by atoms with Crippen molar-refractivity contribution in [1.29, 1.82) is 0 Å². The molecule has 3 heteroatoms. The van der Waals surface area contributed by atoms with E-state index >= 15 is 0 Å². The Kier molecular flexibility index (Phi) is 6.58. The number of aromatic hydroxyl groups is 2. The van der Waals surface area contributed by atoms with Crippen molar-refractivity contribution in [3.8, 4) is 11.5 Å². The second-order valence-electron chi connectivity index (χ2n) is 6.38. The molecule has 0 unspecified atom stereocenters. The Hall–Kier alpha value is -1.42. The summed E-state index contributed by atoms with van der Waals surface area (Å²) in [6, 6.07) is 15.8. The molecular weight excluding hydrogens is 345 g/mol. The van der Waals surface area contributed by atoms with Crippen molar-refractivity contribution >= 4 is 22.1 Å². The molecular formula is C20H28GeO2. The van der Waals surface area contributed by atoms with Crippen LogP contribution in [-0.4, -0.2) is 23.5 Å². The summed E-state index contributed by atoms with van der Waals surface area (Å²) >= 11 is -2.49. The van der Waals surface area contributed by atoms with Crippen LogP contribution in [-0.2, 0) is 0 Å². The van der Waals surface area contributed by atoms with E-state index in [4.69, 9.17) is 0 Å². The maximum atomic E-state index is 9.67. The van der Waals surface area contributed by atoms with Gasteiger partial charge in [-0.1, -0.05) is 0 Å². The Morgan fingerprint density at radius 1 is 0.652 bits per heavy atom. The number of phenols is 2. The molecule has 2 aromatic carbocycles. The molecule has 0 aliphatic rings. The van der Waals surface area contributed by atoms with E-state index in [1.54, 1.807) is 0 Å². The van der Waals surface area contributed by atoms with Crippen LogP contribution in [0.3, 0.4) is 0 Å².